The number of methoxy groups -OCH3 is 1. The fraction of sp³-hybridized carbons (Fsp3) is 0.571. The standard InChI is InChI=1S/C14H23N5O2/c1-15-12-11-19-7-6-17-14(19)13(18-12)16-5-3-4-8-21-10-9-20-2/h6-7,11,15H,3-5,8-10H2,1-2H3,(H,16,18). The summed E-state index contributed by atoms with van der Waals surface area (Å²) >= 11 is 0. The van der Waals surface area contributed by atoms with Crippen LogP contribution in [-0.2, 0) is 9.47 Å². The minimum atomic E-state index is 0.650. The van der Waals surface area contributed by atoms with Crippen LogP contribution in [0.4, 0.5) is 11.6 Å². The van der Waals surface area contributed by atoms with Crippen molar-refractivity contribution in [3.05, 3.63) is 18.6 Å². The highest BCUT2D eigenvalue weighted by Crippen LogP contribution is 2.15. The molecule has 0 fully saturated rings. The molecule has 0 amide bonds. The van der Waals surface area contributed by atoms with E-state index in [1.807, 2.05) is 23.8 Å². The third-order valence-electron chi connectivity index (χ3n) is 3.07. The number of nitrogens with one attached hydrogen (secondary N) is 2. The summed E-state index contributed by atoms with van der Waals surface area (Å²) in [6, 6.07) is 0. The number of ether oxygens (including phenoxy) is 2. The van der Waals surface area contributed by atoms with Gasteiger partial charge in [-0.2, -0.15) is 0 Å². The first kappa shape index (κ1) is 15.5. The van der Waals surface area contributed by atoms with Crippen molar-refractivity contribution in [2.24, 2.45) is 0 Å². The Bertz CT molecular complexity index is 543. The molecular weight excluding hydrogens is 270 g/mol. The van der Waals surface area contributed by atoms with E-state index in [1.54, 1.807) is 13.3 Å². The molecule has 0 aromatic carbocycles. The zero-order chi connectivity index (χ0) is 14.9. The molecule has 0 aliphatic rings. The third-order valence-corrected chi connectivity index (χ3v) is 3.07. The Morgan fingerprint density at radius 3 is 2.95 bits per heavy atom. The largest absolute Gasteiger partial charge is 0.382 e. The first-order valence-electron chi connectivity index (χ1n) is 7.17. The van der Waals surface area contributed by atoms with Gasteiger partial charge in [-0.1, -0.05) is 0 Å². The van der Waals surface area contributed by atoms with Crippen molar-refractivity contribution >= 4 is 17.3 Å². The van der Waals surface area contributed by atoms with Gasteiger partial charge in [-0.3, -0.25) is 0 Å². The molecule has 0 saturated heterocycles. The minimum Gasteiger partial charge on any atom is -0.382 e. The summed E-state index contributed by atoms with van der Waals surface area (Å²) in [6.07, 6.45) is 7.62. The smallest absolute Gasteiger partial charge is 0.180 e. The van der Waals surface area contributed by atoms with Crippen LogP contribution in [0.5, 0.6) is 0 Å². The van der Waals surface area contributed by atoms with Crippen LogP contribution in [-0.4, -0.2) is 54.9 Å². The Morgan fingerprint density at radius 2 is 2.14 bits per heavy atom. The molecule has 0 saturated carbocycles. The van der Waals surface area contributed by atoms with Gasteiger partial charge < -0.3 is 24.5 Å². The van der Waals surface area contributed by atoms with E-state index in [1.165, 1.54) is 0 Å². The van der Waals surface area contributed by atoms with Gasteiger partial charge in [0.1, 0.15) is 5.82 Å². The third kappa shape index (κ3) is 4.57. The first-order chi connectivity index (χ1) is 10.3. The van der Waals surface area contributed by atoms with Crippen LogP contribution in [0, 0.1) is 0 Å². The van der Waals surface area contributed by atoms with Gasteiger partial charge in [0.25, 0.3) is 0 Å². The molecule has 2 aromatic heterocycles. The van der Waals surface area contributed by atoms with Crippen LogP contribution in [0.25, 0.3) is 5.65 Å². The first-order valence-corrected chi connectivity index (χ1v) is 7.17. The quantitative estimate of drug-likeness (QED) is 0.649. The van der Waals surface area contributed by atoms with E-state index in [0.29, 0.717) is 13.2 Å². The maximum atomic E-state index is 5.43. The van der Waals surface area contributed by atoms with Gasteiger partial charge in [0.15, 0.2) is 11.5 Å². The second-order valence-corrected chi connectivity index (χ2v) is 4.62. The highest BCUT2D eigenvalue weighted by molar-refractivity contribution is 5.65. The van der Waals surface area contributed by atoms with Crippen molar-refractivity contribution in [1.82, 2.24) is 14.4 Å². The van der Waals surface area contributed by atoms with Gasteiger partial charge in [0, 0.05) is 39.7 Å². The predicted molar refractivity (Wildman–Crippen MR) is 83.0 cm³/mol. The van der Waals surface area contributed by atoms with E-state index in [-0.39, 0.29) is 0 Å². The molecule has 0 aliphatic heterocycles. The van der Waals surface area contributed by atoms with Crippen molar-refractivity contribution in [2.75, 3.05) is 51.2 Å². The molecular formula is C14H23N5O2. The second-order valence-electron chi connectivity index (χ2n) is 4.62. The van der Waals surface area contributed by atoms with Crippen molar-refractivity contribution in [3.63, 3.8) is 0 Å². The lowest BCUT2D eigenvalue weighted by molar-refractivity contribution is 0.0691. The van der Waals surface area contributed by atoms with E-state index < -0.39 is 0 Å². The molecule has 21 heavy (non-hydrogen) atoms. The maximum Gasteiger partial charge on any atom is 0.180 e. The summed E-state index contributed by atoms with van der Waals surface area (Å²) in [5.74, 6) is 1.61. The Morgan fingerprint density at radius 1 is 1.24 bits per heavy atom. The number of aromatic nitrogens is 3. The Labute approximate surface area is 124 Å². The summed E-state index contributed by atoms with van der Waals surface area (Å²) in [7, 11) is 3.53. The van der Waals surface area contributed by atoms with E-state index in [9.17, 15) is 0 Å². The molecule has 2 aromatic rings. The summed E-state index contributed by atoms with van der Waals surface area (Å²) in [5.41, 5.74) is 0.838. The van der Waals surface area contributed by atoms with Gasteiger partial charge in [-0.05, 0) is 12.8 Å². The van der Waals surface area contributed by atoms with Gasteiger partial charge in [0.2, 0.25) is 0 Å². The maximum absolute atomic E-state index is 5.43. The molecule has 116 valence electrons. The van der Waals surface area contributed by atoms with Gasteiger partial charge >= 0.3 is 0 Å². The number of unbranched alkanes of at least 4 members (excludes halogenated alkanes) is 1. The van der Waals surface area contributed by atoms with Crippen LogP contribution in [0.1, 0.15) is 12.8 Å². The second kappa shape index (κ2) is 8.43. The summed E-state index contributed by atoms with van der Waals surface area (Å²) in [6.45, 7) is 2.91. The van der Waals surface area contributed by atoms with Crippen LogP contribution in [0.3, 0.4) is 0 Å². The van der Waals surface area contributed by atoms with Crippen molar-refractivity contribution in [3.8, 4) is 0 Å². The van der Waals surface area contributed by atoms with Crippen LogP contribution >= 0.6 is 0 Å². The average molecular weight is 293 g/mol. The predicted octanol–water partition coefficient (Wildman–Crippen LogP) is 1.63. The molecule has 2 heterocycles. The average Bonchev–Trinajstić information content (AvgIpc) is 2.98. The van der Waals surface area contributed by atoms with Crippen molar-refractivity contribution in [2.45, 2.75) is 12.8 Å². The van der Waals surface area contributed by atoms with Crippen LogP contribution in [0.2, 0.25) is 0 Å². The fourth-order valence-electron chi connectivity index (χ4n) is 1.95. The van der Waals surface area contributed by atoms with Gasteiger partial charge in [0.05, 0.1) is 19.4 Å². The lowest BCUT2D eigenvalue weighted by Crippen LogP contribution is -2.09. The lowest BCUT2D eigenvalue weighted by atomic mass is 10.3. The summed E-state index contributed by atoms with van der Waals surface area (Å²) in [4.78, 5) is 8.81. The van der Waals surface area contributed by atoms with Crippen LogP contribution < -0.4 is 10.6 Å². The monoisotopic (exact) mass is 293 g/mol. The van der Waals surface area contributed by atoms with Crippen molar-refractivity contribution in [1.29, 1.82) is 0 Å². The molecule has 0 radical (unpaired) electrons. The van der Waals surface area contributed by atoms with E-state index in [0.717, 1.165) is 43.3 Å². The Hall–Kier alpha value is -1.86. The summed E-state index contributed by atoms with van der Waals surface area (Å²) in [5, 5.41) is 6.38. The number of anilines is 2. The number of hydrogen-bond donors (Lipinski definition) is 2. The van der Waals surface area contributed by atoms with Gasteiger partial charge in [-0.15, -0.1) is 0 Å². The number of rotatable bonds is 10. The molecule has 0 atom stereocenters. The molecule has 2 N–H and O–H groups in total. The number of hydrogen-bond acceptors (Lipinski definition) is 6. The number of imidazole rings is 1. The number of fused-ring (bicyclic) bond motifs is 1. The molecule has 2 rings (SSSR count). The fourth-order valence-corrected chi connectivity index (χ4v) is 1.95. The highest BCUT2D eigenvalue weighted by atomic mass is 16.5. The van der Waals surface area contributed by atoms with Crippen molar-refractivity contribution < 1.29 is 9.47 Å². The molecule has 0 unspecified atom stereocenters. The van der Waals surface area contributed by atoms with Gasteiger partial charge in [-0.25, -0.2) is 9.97 Å². The Kier molecular flexibility index (Phi) is 6.23. The zero-order valence-corrected chi connectivity index (χ0v) is 12.6. The molecule has 7 nitrogen and oxygen atoms in total. The van der Waals surface area contributed by atoms with E-state index in [2.05, 4.69) is 20.6 Å². The van der Waals surface area contributed by atoms with Crippen LogP contribution in [0.15, 0.2) is 18.6 Å². The van der Waals surface area contributed by atoms with E-state index >= 15 is 0 Å². The molecule has 7 heteroatoms. The minimum absolute atomic E-state index is 0.650. The SMILES string of the molecule is CNc1cn2ccnc2c(NCCCCOCCOC)n1. The molecule has 0 aliphatic carbocycles. The Balaban J connectivity index is 1.76. The van der Waals surface area contributed by atoms with E-state index in [4.69, 9.17) is 9.47 Å². The zero-order valence-electron chi connectivity index (χ0n) is 12.6. The molecule has 0 spiro atoms. The highest BCUT2D eigenvalue weighted by Gasteiger charge is 2.06. The normalized spacial score (nSPS) is 11.0. The topological polar surface area (TPSA) is 72.7 Å². The molecule has 0 bridgehead atoms. The summed E-state index contributed by atoms with van der Waals surface area (Å²) < 4.78 is 12.3. The number of nitrogens with zero attached hydrogens (tertiary/aromatic N) is 3. The lowest BCUT2D eigenvalue weighted by Gasteiger charge is -2.09.